The van der Waals surface area contributed by atoms with Gasteiger partial charge in [0.15, 0.2) is 0 Å². The van der Waals surface area contributed by atoms with Crippen LogP contribution < -0.4 is 16.4 Å². The molecule has 0 aliphatic carbocycles. The van der Waals surface area contributed by atoms with Crippen LogP contribution in [0.1, 0.15) is 0 Å². The van der Waals surface area contributed by atoms with Gasteiger partial charge in [0, 0.05) is 18.8 Å². The number of aliphatic hydroxyl groups excluding tert-OH is 1. The van der Waals surface area contributed by atoms with E-state index in [-0.39, 0.29) is 0 Å². The van der Waals surface area contributed by atoms with E-state index < -0.39 is 6.10 Å². The first-order valence-electron chi connectivity index (χ1n) is 6.17. The first-order chi connectivity index (χ1) is 9.24. The van der Waals surface area contributed by atoms with Crippen molar-refractivity contribution < 1.29 is 5.11 Å². The smallest absolute Gasteiger partial charge is 0.128 e. The van der Waals surface area contributed by atoms with Gasteiger partial charge in [-0.25, -0.2) is 4.98 Å². The van der Waals surface area contributed by atoms with Crippen LogP contribution in [0.25, 0.3) is 0 Å². The second kappa shape index (κ2) is 6.61. The van der Waals surface area contributed by atoms with Crippen molar-refractivity contribution in [2.45, 2.75) is 6.10 Å². The van der Waals surface area contributed by atoms with Crippen molar-refractivity contribution >= 4 is 17.3 Å². The molecule has 0 aliphatic rings. The van der Waals surface area contributed by atoms with E-state index in [0.29, 0.717) is 24.7 Å². The first-order valence-corrected chi connectivity index (χ1v) is 6.17. The lowest BCUT2D eigenvalue weighted by molar-refractivity contribution is 0.200. The van der Waals surface area contributed by atoms with E-state index in [9.17, 15) is 5.11 Å². The predicted octanol–water partition coefficient (Wildman–Crippen LogP) is 1.55. The molecule has 1 atom stereocenters. The average Bonchev–Trinajstić information content (AvgIpc) is 2.44. The van der Waals surface area contributed by atoms with Crippen LogP contribution in [0.3, 0.4) is 0 Å². The monoisotopic (exact) mass is 258 g/mol. The molecule has 2 rings (SSSR count). The predicted molar refractivity (Wildman–Crippen MR) is 78.1 cm³/mol. The fourth-order valence-corrected chi connectivity index (χ4v) is 1.64. The van der Waals surface area contributed by atoms with Crippen molar-refractivity contribution in [3.63, 3.8) is 0 Å². The molecule has 5 N–H and O–H groups in total. The highest BCUT2D eigenvalue weighted by atomic mass is 16.3. The topological polar surface area (TPSA) is 83.2 Å². The Morgan fingerprint density at radius 2 is 1.74 bits per heavy atom. The summed E-state index contributed by atoms with van der Waals surface area (Å²) in [6.45, 7) is 0.885. The quantitative estimate of drug-likeness (QED) is 0.632. The maximum atomic E-state index is 9.86. The molecule has 0 saturated carbocycles. The van der Waals surface area contributed by atoms with Crippen molar-refractivity contribution in [1.82, 2.24) is 4.98 Å². The molecule has 2 aromatic rings. The van der Waals surface area contributed by atoms with Gasteiger partial charge in [-0.3, -0.25) is 0 Å². The fourth-order valence-electron chi connectivity index (χ4n) is 1.64. The number of aliphatic hydroxyl groups is 1. The molecule has 0 amide bonds. The maximum Gasteiger partial charge on any atom is 0.128 e. The number of nitrogens with one attached hydrogen (secondary N) is 2. The molecule has 0 radical (unpaired) electrons. The zero-order valence-corrected chi connectivity index (χ0v) is 10.6. The molecule has 0 bridgehead atoms. The highest BCUT2D eigenvalue weighted by molar-refractivity contribution is 5.43. The van der Waals surface area contributed by atoms with Crippen LogP contribution in [0.5, 0.6) is 0 Å². The lowest BCUT2D eigenvalue weighted by atomic mass is 10.3. The Morgan fingerprint density at radius 1 is 1.00 bits per heavy atom. The number of nitrogens with zero attached hydrogens (tertiary/aromatic N) is 1. The van der Waals surface area contributed by atoms with E-state index in [0.717, 1.165) is 5.69 Å². The van der Waals surface area contributed by atoms with Gasteiger partial charge in [-0.1, -0.05) is 24.3 Å². The lowest BCUT2D eigenvalue weighted by Gasteiger charge is -2.14. The number of nitrogens with two attached hydrogens (primary N) is 1. The SMILES string of the molecule is Nc1cccc(NCC(O)CNc2ccccc2)n1. The molecule has 5 nitrogen and oxygen atoms in total. The highest BCUT2D eigenvalue weighted by Crippen LogP contribution is 2.07. The number of benzene rings is 1. The van der Waals surface area contributed by atoms with Crippen LogP contribution >= 0.6 is 0 Å². The number of hydrogen-bond donors (Lipinski definition) is 4. The Bertz CT molecular complexity index is 504. The third kappa shape index (κ3) is 4.48. The van der Waals surface area contributed by atoms with E-state index in [2.05, 4.69) is 15.6 Å². The molecule has 5 heteroatoms. The summed E-state index contributed by atoms with van der Waals surface area (Å²) in [5, 5.41) is 16.1. The van der Waals surface area contributed by atoms with E-state index in [4.69, 9.17) is 5.73 Å². The summed E-state index contributed by atoms with van der Waals surface area (Å²) < 4.78 is 0. The summed E-state index contributed by atoms with van der Waals surface area (Å²) in [5.41, 5.74) is 6.56. The molecule has 0 fully saturated rings. The normalized spacial score (nSPS) is 11.8. The number of rotatable bonds is 6. The van der Waals surface area contributed by atoms with Gasteiger partial charge < -0.3 is 21.5 Å². The zero-order valence-electron chi connectivity index (χ0n) is 10.6. The summed E-state index contributed by atoms with van der Waals surface area (Å²) >= 11 is 0. The van der Waals surface area contributed by atoms with Crippen molar-refractivity contribution in [3.8, 4) is 0 Å². The molecular weight excluding hydrogens is 240 g/mol. The van der Waals surface area contributed by atoms with Gasteiger partial charge in [0.05, 0.1) is 6.10 Å². The molecule has 19 heavy (non-hydrogen) atoms. The van der Waals surface area contributed by atoms with Gasteiger partial charge in [-0.15, -0.1) is 0 Å². The van der Waals surface area contributed by atoms with E-state index >= 15 is 0 Å². The Kier molecular flexibility index (Phi) is 4.58. The average molecular weight is 258 g/mol. The van der Waals surface area contributed by atoms with Gasteiger partial charge >= 0.3 is 0 Å². The van der Waals surface area contributed by atoms with Crippen molar-refractivity contribution in [1.29, 1.82) is 0 Å². The molecule has 1 aromatic carbocycles. The van der Waals surface area contributed by atoms with E-state index in [1.807, 2.05) is 42.5 Å². The van der Waals surface area contributed by atoms with E-state index in [1.54, 1.807) is 6.07 Å². The van der Waals surface area contributed by atoms with Gasteiger partial charge in [-0.05, 0) is 24.3 Å². The summed E-state index contributed by atoms with van der Waals surface area (Å²) in [5.74, 6) is 1.13. The summed E-state index contributed by atoms with van der Waals surface area (Å²) in [6, 6.07) is 15.1. The standard InChI is InChI=1S/C14H18N4O/c15-13-7-4-8-14(18-13)17-10-12(19)9-16-11-5-2-1-3-6-11/h1-8,12,16,19H,9-10H2,(H3,15,17,18). The van der Waals surface area contributed by atoms with E-state index in [1.165, 1.54) is 0 Å². The number of para-hydroxylation sites is 1. The second-order valence-corrected chi connectivity index (χ2v) is 4.23. The third-order valence-electron chi connectivity index (χ3n) is 2.61. The van der Waals surface area contributed by atoms with Crippen molar-refractivity contribution in [2.75, 3.05) is 29.5 Å². The number of aromatic nitrogens is 1. The first kappa shape index (κ1) is 13.2. The number of anilines is 3. The second-order valence-electron chi connectivity index (χ2n) is 4.23. The molecule has 1 aromatic heterocycles. The fraction of sp³-hybridized carbons (Fsp3) is 0.214. The third-order valence-corrected chi connectivity index (χ3v) is 2.61. The zero-order chi connectivity index (χ0) is 13.5. The highest BCUT2D eigenvalue weighted by Gasteiger charge is 2.04. The van der Waals surface area contributed by atoms with Gasteiger partial charge in [0.25, 0.3) is 0 Å². The minimum atomic E-state index is -0.511. The van der Waals surface area contributed by atoms with Gasteiger partial charge in [0.2, 0.25) is 0 Å². The van der Waals surface area contributed by atoms with Crippen LogP contribution in [-0.2, 0) is 0 Å². The minimum Gasteiger partial charge on any atom is -0.389 e. The Hall–Kier alpha value is -2.27. The summed E-state index contributed by atoms with van der Waals surface area (Å²) in [6.07, 6.45) is -0.511. The number of pyridine rings is 1. The molecule has 0 saturated heterocycles. The lowest BCUT2D eigenvalue weighted by Crippen LogP contribution is -2.27. The van der Waals surface area contributed by atoms with Crippen LogP contribution in [0.4, 0.5) is 17.3 Å². The van der Waals surface area contributed by atoms with Crippen LogP contribution in [0.2, 0.25) is 0 Å². The maximum absolute atomic E-state index is 9.86. The number of hydrogen-bond acceptors (Lipinski definition) is 5. The molecule has 1 unspecified atom stereocenters. The van der Waals surface area contributed by atoms with Crippen molar-refractivity contribution in [3.05, 3.63) is 48.5 Å². The summed E-state index contributed by atoms with van der Waals surface area (Å²) in [7, 11) is 0. The van der Waals surface area contributed by atoms with Crippen molar-refractivity contribution in [2.24, 2.45) is 0 Å². The molecule has 1 heterocycles. The minimum absolute atomic E-state index is 0.413. The molecule has 0 aliphatic heterocycles. The van der Waals surface area contributed by atoms with Gasteiger partial charge in [-0.2, -0.15) is 0 Å². The largest absolute Gasteiger partial charge is 0.389 e. The Labute approximate surface area is 112 Å². The number of nitrogen functional groups attached to an aromatic ring is 1. The van der Waals surface area contributed by atoms with Crippen LogP contribution in [0.15, 0.2) is 48.5 Å². The van der Waals surface area contributed by atoms with Gasteiger partial charge in [0.1, 0.15) is 11.6 Å². The molecular formula is C14H18N4O. The van der Waals surface area contributed by atoms with Crippen LogP contribution in [0, 0.1) is 0 Å². The molecule has 0 spiro atoms. The summed E-state index contributed by atoms with van der Waals surface area (Å²) in [4.78, 5) is 4.10. The molecule has 100 valence electrons. The Morgan fingerprint density at radius 3 is 2.47 bits per heavy atom. The Balaban J connectivity index is 1.74. The van der Waals surface area contributed by atoms with Crippen LogP contribution in [-0.4, -0.2) is 29.3 Å².